The van der Waals surface area contributed by atoms with Crippen LogP contribution >= 0.6 is 0 Å². The number of nitrogens with one attached hydrogen (secondary N) is 2. The third-order valence-electron chi connectivity index (χ3n) is 4.53. The van der Waals surface area contributed by atoms with Crippen LogP contribution in [0.3, 0.4) is 0 Å². The highest BCUT2D eigenvalue weighted by Crippen LogP contribution is 2.40. The van der Waals surface area contributed by atoms with Crippen molar-refractivity contribution in [1.82, 2.24) is 15.0 Å². The Bertz CT molecular complexity index is 1120. The first-order chi connectivity index (χ1) is 14.7. The number of benzene rings is 1. The van der Waals surface area contributed by atoms with E-state index in [0.717, 1.165) is 11.3 Å². The van der Waals surface area contributed by atoms with Crippen LogP contribution < -0.4 is 14.8 Å². The lowest BCUT2D eigenvalue weighted by Gasteiger charge is -2.24. The van der Waals surface area contributed by atoms with Crippen molar-refractivity contribution in [3.05, 3.63) is 66.4 Å². The normalized spacial score (nSPS) is 11.7. The Morgan fingerprint density at radius 3 is 2.48 bits per heavy atom. The monoisotopic (exact) mass is 441 g/mol. The van der Waals surface area contributed by atoms with Gasteiger partial charge in [-0.15, -0.1) is 0 Å². The van der Waals surface area contributed by atoms with Crippen molar-refractivity contribution < 1.29 is 13.2 Å². The minimum atomic E-state index is -3.56. The molecule has 0 fully saturated rings. The van der Waals surface area contributed by atoms with Crippen LogP contribution in [0.25, 0.3) is 0 Å². The molecule has 2 aromatic heterocycles. The smallest absolute Gasteiger partial charge is 0.232 e. The van der Waals surface area contributed by atoms with E-state index in [4.69, 9.17) is 4.74 Å². The van der Waals surface area contributed by atoms with Gasteiger partial charge >= 0.3 is 0 Å². The predicted octanol–water partition coefficient (Wildman–Crippen LogP) is 4.25. The van der Waals surface area contributed by atoms with Gasteiger partial charge in [0.15, 0.2) is 0 Å². The highest BCUT2D eigenvalue weighted by molar-refractivity contribution is 7.92. The Labute approximate surface area is 183 Å². The molecule has 0 bridgehead atoms. The third-order valence-corrected chi connectivity index (χ3v) is 5.81. The van der Waals surface area contributed by atoms with Crippen LogP contribution in [-0.4, -0.2) is 29.1 Å². The van der Waals surface area contributed by atoms with Crippen molar-refractivity contribution in [2.45, 2.75) is 39.7 Å². The molecule has 0 aliphatic carbocycles. The molecule has 3 aromatic rings. The SMILES string of the molecule is CCS(=O)(=O)Nc1c(Nc2cnccn2)cc(C(C)(C)C)cc1OCc1ccccn1. The van der Waals surface area contributed by atoms with Crippen molar-refractivity contribution in [3.8, 4) is 5.75 Å². The van der Waals surface area contributed by atoms with Crippen LogP contribution in [0.5, 0.6) is 5.75 Å². The van der Waals surface area contributed by atoms with Crippen molar-refractivity contribution in [1.29, 1.82) is 0 Å². The number of hydrogen-bond donors (Lipinski definition) is 2. The van der Waals surface area contributed by atoms with Crippen LogP contribution in [0.4, 0.5) is 17.2 Å². The van der Waals surface area contributed by atoms with Gasteiger partial charge in [-0.1, -0.05) is 26.8 Å². The second-order valence-corrected chi connectivity index (χ2v) is 9.99. The Hall–Kier alpha value is -3.20. The van der Waals surface area contributed by atoms with E-state index in [1.54, 1.807) is 31.7 Å². The van der Waals surface area contributed by atoms with Crippen molar-refractivity contribution >= 4 is 27.2 Å². The summed E-state index contributed by atoms with van der Waals surface area (Å²) >= 11 is 0. The molecule has 31 heavy (non-hydrogen) atoms. The summed E-state index contributed by atoms with van der Waals surface area (Å²) in [6.07, 6.45) is 6.38. The molecule has 0 saturated heterocycles. The van der Waals surface area contributed by atoms with Gasteiger partial charge in [-0.2, -0.15) is 0 Å². The van der Waals surface area contributed by atoms with Crippen molar-refractivity contribution in [3.63, 3.8) is 0 Å². The summed E-state index contributed by atoms with van der Waals surface area (Å²) in [7, 11) is -3.56. The van der Waals surface area contributed by atoms with Crippen molar-refractivity contribution in [2.24, 2.45) is 0 Å². The molecule has 164 valence electrons. The average molecular weight is 442 g/mol. The first kappa shape index (κ1) is 22.5. The van der Waals surface area contributed by atoms with Gasteiger partial charge in [0.1, 0.15) is 23.9 Å². The van der Waals surface area contributed by atoms with Gasteiger partial charge in [0, 0.05) is 18.6 Å². The molecule has 0 spiro atoms. The van der Waals surface area contributed by atoms with E-state index in [9.17, 15) is 8.42 Å². The summed E-state index contributed by atoms with van der Waals surface area (Å²) in [5.41, 5.74) is 2.34. The number of ether oxygens (including phenoxy) is 1. The maximum atomic E-state index is 12.4. The van der Waals surface area contributed by atoms with Gasteiger partial charge in [0.2, 0.25) is 10.0 Å². The summed E-state index contributed by atoms with van der Waals surface area (Å²) in [4.78, 5) is 12.6. The van der Waals surface area contributed by atoms with Gasteiger partial charge in [-0.05, 0) is 42.2 Å². The van der Waals surface area contributed by atoms with Gasteiger partial charge in [-0.3, -0.25) is 14.7 Å². The van der Waals surface area contributed by atoms with Crippen LogP contribution in [-0.2, 0) is 22.0 Å². The number of aromatic nitrogens is 3. The van der Waals surface area contributed by atoms with E-state index in [-0.39, 0.29) is 17.8 Å². The molecule has 0 aliphatic rings. The summed E-state index contributed by atoms with van der Waals surface area (Å²) in [5.74, 6) is 0.820. The number of rotatable bonds is 8. The van der Waals surface area contributed by atoms with Gasteiger partial charge in [0.05, 0.1) is 23.3 Å². The largest absolute Gasteiger partial charge is 0.485 e. The second kappa shape index (κ2) is 9.30. The molecule has 1 aromatic carbocycles. The molecule has 2 N–H and O–H groups in total. The quantitative estimate of drug-likeness (QED) is 0.538. The van der Waals surface area contributed by atoms with Crippen LogP contribution in [0.1, 0.15) is 39.0 Å². The molecule has 0 atom stereocenters. The minimum Gasteiger partial charge on any atom is -0.485 e. The first-order valence-electron chi connectivity index (χ1n) is 9.92. The summed E-state index contributed by atoms with van der Waals surface area (Å²) in [6, 6.07) is 9.31. The highest BCUT2D eigenvalue weighted by Gasteiger charge is 2.23. The highest BCUT2D eigenvalue weighted by atomic mass is 32.2. The minimum absolute atomic E-state index is 0.0711. The third kappa shape index (κ3) is 6.14. The number of nitrogens with zero attached hydrogens (tertiary/aromatic N) is 3. The fourth-order valence-electron chi connectivity index (χ4n) is 2.73. The molecule has 0 unspecified atom stereocenters. The Balaban J connectivity index is 2.10. The fraction of sp³-hybridized carbons (Fsp3) is 0.318. The molecule has 3 rings (SSSR count). The molecular formula is C22H27N5O3S. The van der Waals surface area contributed by atoms with E-state index >= 15 is 0 Å². The van der Waals surface area contributed by atoms with Gasteiger partial charge in [-0.25, -0.2) is 13.4 Å². The average Bonchev–Trinajstić information content (AvgIpc) is 2.74. The van der Waals surface area contributed by atoms with Crippen LogP contribution in [0.15, 0.2) is 55.1 Å². The molecule has 0 radical (unpaired) electrons. The fourth-order valence-corrected chi connectivity index (χ4v) is 3.40. The summed E-state index contributed by atoms with van der Waals surface area (Å²) in [5, 5.41) is 3.17. The lowest BCUT2D eigenvalue weighted by Crippen LogP contribution is -2.18. The summed E-state index contributed by atoms with van der Waals surface area (Å²) < 4.78 is 33.6. The van der Waals surface area contributed by atoms with Crippen LogP contribution in [0, 0.1) is 0 Å². The molecule has 2 heterocycles. The Kier molecular flexibility index (Phi) is 6.74. The number of sulfonamides is 1. The molecule has 9 heteroatoms. The Morgan fingerprint density at radius 2 is 1.87 bits per heavy atom. The predicted molar refractivity (Wildman–Crippen MR) is 122 cm³/mol. The molecule has 0 amide bonds. The Morgan fingerprint density at radius 1 is 1.06 bits per heavy atom. The topological polar surface area (TPSA) is 106 Å². The standard InChI is InChI=1S/C22H27N5O3S/c1-5-31(28,29)27-21-18(26-20-14-23-10-11-25-20)12-16(22(2,3)4)13-19(21)30-15-17-8-6-7-9-24-17/h6-14,27H,5,15H2,1-4H3,(H,25,26). The molecular weight excluding hydrogens is 414 g/mol. The second-order valence-electron chi connectivity index (χ2n) is 7.98. The van der Waals surface area contributed by atoms with E-state index in [2.05, 4.69) is 45.8 Å². The zero-order valence-corrected chi connectivity index (χ0v) is 18.9. The molecule has 0 aliphatic heterocycles. The van der Waals surface area contributed by atoms with Crippen molar-refractivity contribution in [2.75, 3.05) is 15.8 Å². The van der Waals surface area contributed by atoms with Crippen LogP contribution in [0.2, 0.25) is 0 Å². The van der Waals surface area contributed by atoms with E-state index in [0.29, 0.717) is 22.9 Å². The van der Waals surface area contributed by atoms with Gasteiger partial charge < -0.3 is 10.1 Å². The number of pyridine rings is 1. The van der Waals surface area contributed by atoms with E-state index in [1.807, 2.05) is 30.3 Å². The summed E-state index contributed by atoms with van der Waals surface area (Å²) in [6.45, 7) is 8.00. The lowest BCUT2D eigenvalue weighted by molar-refractivity contribution is 0.302. The zero-order chi connectivity index (χ0) is 22.5. The maximum absolute atomic E-state index is 12.4. The molecule has 0 saturated carbocycles. The lowest BCUT2D eigenvalue weighted by atomic mass is 9.86. The van der Waals surface area contributed by atoms with E-state index < -0.39 is 10.0 Å². The maximum Gasteiger partial charge on any atom is 0.232 e. The first-order valence-corrected chi connectivity index (χ1v) is 11.6. The van der Waals surface area contributed by atoms with Gasteiger partial charge in [0.25, 0.3) is 0 Å². The number of anilines is 3. The number of hydrogen-bond acceptors (Lipinski definition) is 7. The van der Waals surface area contributed by atoms with E-state index in [1.165, 1.54) is 0 Å². The zero-order valence-electron chi connectivity index (χ0n) is 18.1. The molecule has 8 nitrogen and oxygen atoms in total.